The predicted octanol–water partition coefficient (Wildman–Crippen LogP) is 1.20. The molecule has 0 radical (unpaired) electrons. The van der Waals surface area contributed by atoms with Crippen LogP contribution in [-0.2, 0) is 6.54 Å². The van der Waals surface area contributed by atoms with E-state index < -0.39 is 5.82 Å². The van der Waals surface area contributed by atoms with Gasteiger partial charge in [-0.3, -0.25) is 15.4 Å². The fraction of sp³-hybridized carbons (Fsp3) is 0.333. The van der Waals surface area contributed by atoms with Crippen molar-refractivity contribution < 1.29 is 9.50 Å². The molecule has 7 nitrogen and oxygen atoms in total. The standard InChI is InChI=1S/C15H16ClFN6O/c16-12-2-1-10-11(9-5-18-19-6-9)7-23(15(10)14(12)17)13-8-22(3-4-24)21-20-13/h1-2,7-9,18-19,24H,3-6H2. The normalized spacial score (nSPS) is 15.6. The van der Waals surface area contributed by atoms with Crippen molar-refractivity contribution in [1.82, 2.24) is 30.4 Å². The van der Waals surface area contributed by atoms with Crippen molar-refractivity contribution in [3.63, 3.8) is 0 Å². The van der Waals surface area contributed by atoms with Crippen molar-refractivity contribution in [2.24, 2.45) is 0 Å². The Kier molecular flexibility index (Phi) is 3.97. The number of hydrogen-bond donors (Lipinski definition) is 3. The van der Waals surface area contributed by atoms with Crippen molar-refractivity contribution in [2.75, 3.05) is 19.7 Å². The number of aromatic nitrogens is 4. The number of fused-ring (bicyclic) bond motifs is 1. The molecular formula is C15H16ClFN6O. The molecule has 0 amide bonds. The third-order valence-electron chi connectivity index (χ3n) is 4.25. The minimum atomic E-state index is -0.476. The van der Waals surface area contributed by atoms with Crippen molar-refractivity contribution in [3.8, 4) is 5.82 Å². The monoisotopic (exact) mass is 350 g/mol. The molecule has 1 aromatic carbocycles. The van der Waals surface area contributed by atoms with E-state index in [1.165, 1.54) is 4.68 Å². The number of rotatable bonds is 4. The fourth-order valence-corrected chi connectivity index (χ4v) is 3.23. The number of aliphatic hydroxyl groups excluding tert-OH is 1. The van der Waals surface area contributed by atoms with E-state index in [0.717, 1.165) is 24.0 Å². The van der Waals surface area contributed by atoms with E-state index in [4.69, 9.17) is 16.7 Å². The quantitative estimate of drug-likeness (QED) is 0.659. The molecule has 0 spiro atoms. The summed E-state index contributed by atoms with van der Waals surface area (Å²) in [5.74, 6) is 0.234. The van der Waals surface area contributed by atoms with Gasteiger partial charge in [0.25, 0.3) is 0 Å². The first-order valence-corrected chi connectivity index (χ1v) is 8.03. The zero-order chi connectivity index (χ0) is 16.7. The smallest absolute Gasteiger partial charge is 0.179 e. The van der Waals surface area contributed by atoms with Crippen LogP contribution in [0, 0.1) is 5.82 Å². The summed E-state index contributed by atoms with van der Waals surface area (Å²) in [5.41, 5.74) is 7.60. The second-order valence-electron chi connectivity index (χ2n) is 5.73. The summed E-state index contributed by atoms with van der Waals surface area (Å²) >= 11 is 5.98. The van der Waals surface area contributed by atoms with E-state index in [9.17, 15) is 4.39 Å². The first-order valence-electron chi connectivity index (χ1n) is 7.65. The highest BCUT2D eigenvalue weighted by molar-refractivity contribution is 6.31. The average molecular weight is 351 g/mol. The molecule has 1 saturated heterocycles. The van der Waals surface area contributed by atoms with Gasteiger partial charge in [-0.1, -0.05) is 22.9 Å². The second kappa shape index (κ2) is 6.14. The number of hydrogen-bond acceptors (Lipinski definition) is 5. The lowest BCUT2D eigenvalue weighted by Gasteiger charge is -2.05. The highest BCUT2D eigenvalue weighted by atomic mass is 35.5. The van der Waals surface area contributed by atoms with Gasteiger partial charge >= 0.3 is 0 Å². The maximum atomic E-state index is 14.7. The van der Waals surface area contributed by atoms with Gasteiger partial charge in [-0.2, -0.15) is 0 Å². The molecule has 2 aromatic heterocycles. The molecule has 1 aliphatic rings. The molecule has 0 aliphatic carbocycles. The maximum absolute atomic E-state index is 14.7. The second-order valence-corrected chi connectivity index (χ2v) is 6.14. The Bertz CT molecular complexity index is 886. The van der Waals surface area contributed by atoms with E-state index in [-0.39, 0.29) is 17.5 Å². The summed E-state index contributed by atoms with van der Waals surface area (Å²) in [5, 5.41) is 17.9. The van der Waals surface area contributed by atoms with Crippen molar-refractivity contribution in [3.05, 3.63) is 40.9 Å². The number of hydrazine groups is 1. The van der Waals surface area contributed by atoms with Crippen molar-refractivity contribution in [2.45, 2.75) is 12.5 Å². The highest BCUT2D eigenvalue weighted by Crippen LogP contribution is 2.34. The van der Waals surface area contributed by atoms with Crippen LogP contribution < -0.4 is 10.9 Å². The van der Waals surface area contributed by atoms with E-state index in [2.05, 4.69) is 21.2 Å². The van der Waals surface area contributed by atoms with Gasteiger partial charge in [-0.15, -0.1) is 5.10 Å². The molecule has 0 bridgehead atoms. The van der Waals surface area contributed by atoms with Crippen LogP contribution in [0.3, 0.4) is 0 Å². The van der Waals surface area contributed by atoms with E-state index >= 15 is 0 Å². The lowest BCUT2D eigenvalue weighted by atomic mass is 10.00. The number of benzene rings is 1. The Morgan fingerprint density at radius 1 is 1.29 bits per heavy atom. The molecule has 3 heterocycles. The summed E-state index contributed by atoms with van der Waals surface area (Å²) in [7, 11) is 0. The van der Waals surface area contributed by atoms with Crippen LogP contribution in [0.5, 0.6) is 0 Å². The van der Waals surface area contributed by atoms with Gasteiger partial charge in [0, 0.05) is 30.6 Å². The minimum absolute atomic E-state index is 0.0416. The Morgan fingerprint density at radius 2 is 2.08 bits per heavy atom. The largest absolute Gasteiger partial charge is 0.394 e. The van der Waals surface area contributed by atoms with E-state index in [1.54, 1.807) is 16.8 Å². The molecule has 3 N–H and O–H groups in total. The number of nitrogens with one attached hydrogen (secondary N) is 2. The zero-order valence-corrected chi connectivity index (χ0v) is 13.5. The first-order chi connectivity index (χ1) is 11.7. The molecule has 4 rings (SSSR count). The van der Waals surface area contributed by atoms with Crippen LogP contribution in [0.25, 0.3) is 16.7 Å². The van der Waals surface area contributed by atoms with E-state index in [0.29, 0.717) is 17.9 Å². The average Bonchev–Trinajstić information content (AvgIpc) is 3.29. The molecule has 24 heavy (non-hydrogen) atoms. The number of halogens is 2. The van der Waals surface area contributed by atoms with Crippen LogP contribution in [-0.4, -0.2) is 44.4 Å². The Morgan fingerprint density at radius 3 is 2.83 bits per heavy atom. The molecule has 126 valence electrons. The molecule has 0 atom stereocenters. The van der Waals surface area contributed by atoms with Gasteiger partial charge in [0.05, 0.1) is 29.9 Å². The summed E-state index contributed by atoms with van der Waals surface area (Å²) < 4.78 is 17.9. The van der Waals surface area contributed by atoms with Gasteiger partial charge in [-0.25, -0.2) is 9.07 Å². The summed E-state index contributed by atoms with van der Waals surface area (Å²) in [6, 6.07) is 3.41. The van der Waals surface area contributed by atoms with Gasteiger partial charge < -0.3 is 5.11 Å². The van der Waals surface area contributed by atoms with Gasteiger partial charge in [0.2, 0.25) is 0 Å². The summed E-state index contributed by atoms with van der Waals surface area (Å²) in [4.78, 5) is 0. The van der Waals surface area contributed by atoms with Gasteiger partial charge in [0.1, 0.15) is 0 Å². The van der Waals surface area contributed by atoms with Crippen LogP contribution in [0.2, 0.25) is 5.02 Å². The van der Waals surface area contributed by atoms with Crippen LogP contribution >= 0.6 is 11.6 Å². The molecule has 1 fully saturated rings. The topological polar surface area (TPSA) is 79.9 Å². The minimum Gasteiger partial charge on any atom is -0.394 e. The molecule has 0 saturated carbocycles. The summed E-state index contributed by atoms with van der Waals surface area (Å²) in [6.07, 6.45) is 3.56. The third kappa shape index (κ3) is 2.48. The number of aliphatic hydroxyl groups is 1. The van der Waals surface area contributed by atoms with Crippen LogP contribution in [0.1, 0.15) is 11.5 Å². The van der Waals surface area contributed by atoms with Crippen molar-refractivity contribution >= 4 is 22.5 Å². The van der Waals surface area contributed by atoms with Crippen molar-refractivity contribution in [1.29, 1.82) is 0 Å². The van der Waals surface area contributed by atoms with Gasteiger partial charge in [0.15, 0.2) is 11.6 Å². The predicted molar refractivity (Wildman–Crippen MR) is 87.7 cm³/mol. The lowest BCUT2D eigenvalue weighted by Crippen LogP contribution is -2.21. The SMILES string of the molecule is OCCn1cc(-n2cc(C3CNNC3)c3ccc(Cl)c(F)c32)nn1. The Labute approximate surface area is 142 Å². The molecule has 3 aromatic rings. The number of nitrogens with zero attached hydrogens (tertiary/aromatic N) is 4. The first kappa shape index (κ1) is 15.5. The molecular weight excluding hydrogens is 335 g/mol. The highest BCUT2D eigenvalue weighted by Gasteiger charge is 2.24. The Balaban J connectivity index is 1.91. The van der Waals surface area contributed by atoms with Gasteiger partial charge in [-0.05, 0) is 11.6 Å². The van der Waals surface area contributed by atoms with Crippen LogP contribution in [0.15, 0.2) is 24.5 Å². The fourth-order valence-electron chi connectivity index (χ4n) is 3.08. The lowest BCUT2D eigenvalue weighted by molar-refractivity contribution is 0.268. The van der Waals surface area contributed by atoms with Crippen LogP contribution in [0.4, 0.5) is 4.39 Å². The maximum Gasteiger partial charge on any atom is 0.179 e. The molecule has 9 heteroatoms. The van der Waals surface area contributed by atoms with E-state index in [1.807, 2.05) is 12.3 Å². The zero-order valence-electron chi connectivity index (χ0n) is 12.7. The molecule has 0 unspecified atom stereocenters. The Hall–Kier alpha value is -2.00. The third-order valence-corrected chi connectivity index (χ3v) is 4.55. The molecule has 1 aliphatic heterocycles. The summed E-state index contributed by atoms with van der Waals surface area (Å²) in [6.45, 7) is 1.82.